The maximum absolute atomic E-state index is 12.3. The van der Waals surface area contributed by atoms with E-state index in [0.29, 0.717) is 37.9 Å². The number of likely N-dealkylation sites (tertiary alicyclic amines) is 1. The van der Waals surface area contributed by atoms with Crippen LogP contribution in [0.1, 0.15) is 25.7 Å². The Bertz CT molecular complexity index is 939. The van der Waals surface area contributed by atoms with Crippen LogP contribution in [-0.4, -0.2) is 39.3 Å². The lowest BCUT2D eigenvalue weighted by atomic mass is 9.96. The lowest BCUT2D eigenvalue weighted by Gasteiger charge is -2.30. The number of nitro benzene ring substituents is 1. The molecule has 1 aromatic heterocycles. The first-order chi connectivity index (χ1) is 12.9. The Morgan fingerprint density at radius 2 is 2.00 bits per heavy atom. The van der Waals surface area contributed by atoms with Crippen molar-refractivity contribution >= 4 is 28.6 Å². The van der Waals surface area contributed by atoms with Gasteiger partial charge in [0.2, 0.25) is 11.8 Å². The molecule has 27 heavy (non-hydrogen) atoms. The largest absolute Gasteiger partial charge is 0.419 e. The molecule has 1 aromatic carbocycles. The van der Waals surface area contributed by atoms with Gasteiger partial charge in [0.05, 0.1) is 16.5 Å². The molecule has 1 saturated heterocycles. The molecule has 10 heteroatoms. The van der Waals surface area contributed by atoms with Gasteiger partial charge in [-0.1, -0.05) is 0 Å². The highest BCUT2D eigenvalue weighted by atomic mass is 16.6. The Kier molecular flexibility index (Phi) is 5.24. The van der Waals surface area contributed by atoms with E-state index in [1.165, 1.54) is 22.8 Å². The normalized spacial score (nSPS) is 15.2. The van der Waals surface area contributed by atoms with Gasteiger partial charge in [-0.25, -0.2) is 4.79 Å². The molecule has 0 unspecified atom stereocenters. The number of non-ortho nitro benzene ring substituents is 1. The number of oxazole rings is 1. The summed E-state index contributed by atoms with van der Waals surface area (Å²) < 4.78 is 6.43. The fourth-order valence-electron chi connectivity index (χ4n) is 3.34. The quantitative estimate of drug-likeness (QED) is 0.589. The van der Waals surface area contributed by atoms with Crippen molar-refractivity contribution in [2.45, 2.75) is 32.2 Å². The molecule has 2 N–H and O–H groups in total. The number of piperidine rings is 1. The molecule has 0 saturated carbocycles. The second-order valence-electron chi connectivity index (χ2n) is 6.59. The van der Waals surface area contributed by atoms with Gasteiger partial charge >= 0.3 is 5.76 Å². The standard InChI is InChI=1S/C17H20N4O6/c18-16(23)11-5-8-19(9-6-11)15(22)2-1-7-20-13-4-3-12(21(25)26)10-14(13)27-17(20)24/h3-4,10-11H,1-2,5-9H2,(H2,18,23). The molecule has 0 spiro atoms. The monoisotopic (exact) mass is 376 g/mol. The third kappa shape index (κ3) is 3.99. The number of carbonyl (C=O) groups is 2. The van der Waals surface area contributed by atoms with Crippen LogP contribution in [0.5, 0.6) is 0 Å². The summed E-state index contributed by atoms with van der Waals surface area (Å²) >= 11 is 0. The number of benzene rings is 1. The van der Waals surface area contributed by atoms with Crippen LogP contribution in [0.3, 0.4) is 0 Å². The molecule has 1 aliphatic rings. The summed E-state index contributed by atoms with van der Waals surface area (Å²) in [6.07, 6.45) is 1.84. The van der Waals surface area contributed by atoms with Gasteiger partial charge in [0, 0.05) is 38.0 Å². The molecular formula is C17H20N4O6. The number of aromatic nitrogens is 1. The number of carbonyl (C=O) groups excluding carboxylic acids is 2. The van der Waals surface area contributed by atoms with Crippen LogP contribution in [0.15, 0.2) is 27.4 Å². The number of aryl methyl sites for hydroxylation is 1. The van der Waals surface area contributed by atoms with Gasteiger partial charge in [-0.05, 0) is 25.3 Å². The Morgan fingerprint density at radius 1 is 1.30 bits per heavy atom. The van der Waals surface area contributed by atoms with Crippen LogP contribution in [-0.2, 0) is 16.1 Å². The van der Waals surface area contributed by atoms with Crippen LogP contribution in [0, 0.1) is 16.0 Å². The van der Waals surface area contributed by atoms with Gasteiger partial charge < -0.3 is 15.1 Å². The van der Waals surface area contributed by atoms with E-state index in [-0.39, 0.29) is 42.0 Å². The third-order valence-corrected chi connectivity index (χ3v) is 4.89. The second kappa shape index (κ2) is 7.60. The van der Waals surface area contributed by atoms with Crippen molar-refractivity contribution in [2.24, 2.45) is 11.7 Å². The van der Waals surface area contributed by atoms with Crippen LogP contribution >= 0.6 is 0 Å². The van der Waals surface area contributed by atoms with Crippen molar-refractivity contribution in [3.8, 4) is 0 Å². The van der Waals surface area contributed by atoms with Crippen molar-refractivity contribution in [1.82, 2.24) is 9.47 Å². The average molecular weight is 376 g/mol. The van der Waals surface area contributed by atoms with E-state index in [1.54, 1.807) is 4.90 Å². The molecule has 2 amide bonds. The molecule has 0 atom stereocenters. The zero-order valence-electron chi connectivity index (χ0n) is 14.6. The zero-order chi connectivity index (χ0) is 19.6. The predicted octanol–water partition coefficient (Wildman–Crippen LogP) is 1.01. The summed E-state index contributed by atoms with van der Waals surface area (Å²) in [5.74, 6) is -1.14. The molecule has 1 fully saturated rings. The fourth-order valence-corrected chi connectivity index (χ4v) is 3.34. The molecule has 2 aromatic rings. The van der Waals surface area contributed by atoms with Crippen molar-refractivity contribution < 1.29 is 18.9 Å². The number of amides is 2. The van der Waals surface area contributed by atoms with Gasteiger partial charge in [-0.15, -0.1) is 0 Å². The van der Waals surface area contributed by atoms with Gasteiger partial charge in [-0.3, -0.25) is 24.3 Å². The molecule has 0 radical (unpaired) electrons. The molecule has 10 nitrogen and oxygen atoms in total. The van der Waals surface area contributed by atoms with Crippen molar-refractivity contribution in [2.75, 3.05) is 13.1 Å². The lowest BCUT2D eigenvalue weighted by Crippen LogP contribution is -2.41. The topological polar surface area (TPSA) is 142 Å². The Morgan fingerprint density at radius 3 is 2.63 bits per heavy atom. The van der Waals surface area contributed by atoms with Gasteiger partial charge in [0.15, 0.2) is 5.58 Å². The average Bonchev–Trinajstić information content (AvgIpc) is 2.96. The van der Waals surface area contributed by atoms with Crippen molar-refractivity contribution in [3.63, 3.8) is 0 Å². The molecule has 1 aliphatic heterocycles. The van der Waals surface area contributed by atoms with Crippen LogP contribution in [0.2, 0.25) is 0 Å². The van der Waals surface area contributed by atoms with Crippen LogP contribution < -0.4 is 11.5 Å². The van der Waals surface area contributed by atoms with Crippen molar-refractivity contribution in [3.05, 3.63) is 38.9 Å². The summed E-state index contributed by atoms with van der Waals surface area (Å²) in [5.41, 5.74) is 5.74. The predicted molar refractivity (Wildman–Crippen MR) is 94.9 cm³/mol. The highest BCUT2D eigenvalue weighted by Crippen LogP contribution is 2.21. The van der Waals surface area contributed by atoms with Crippen LogP contribution in [0.4, 0.5) is 5.69 Å². The fraction of sp³-hybridized carbons (Fsp3) is 0.471. The number of rotatable bonds is 6. The first kappa shape index (κ1) is 18.6. The number of nitro groups is 1. The van der Waals surface area contributed by atoms with E-state index in [2.05, 4.69) is 0 Å². The van der Waals surface area contributed by atoms with Crippen molar-refractivity contribution in [1.29, 1.82) is 0 Å². The summed E-state index contributed by atoms with van der Waals surface area (Å²) in [5, 5.41) is 10.8. The SMILES string of the molecule is NC(=O)C1CCN(C(=O)CCCn2c(=O)oc3cc([N+](=O)[O-])ccc32)CC1. The molecule has 2 heterocycles. The van der Waals surface area contributed by atoms with E-state index >= 15 is 0 Å². The molecular weight excluding hydrogens is 356 g/mol. The minimum absolute atomic E-state index is 0.0330. The first-order valence-electron chi connectivity index (χ1n) is 8.71. The first-order valence-corrected chi connectivity index (χ1v) is 8.71. The van der Waals surface area contributed by atoms with E-state index in [0.717, 1.165) is 0 Å². The third-order valence-electron chi connectivity index (χ3n) is 4.89. The maximum Gasteiger partial charge on any atom is 0.419 e. The molecule has 0 bridgehead atoms. The lowest BCUT2D eigenvalue weighted by molar-refractivity contribution is -0.384. The summed E-state index contributed by atoms with van der Waals surface area (Å²) in [6.45, 7) is 1.28. The highest BCUT2D eigenvalue weighted by Gasteiger charge is 2.25. The number of primary amides is 1. The number of nitrogens with two attached hydrogens (primary N) is 1. The number of nitrogens with zero attached hydrogens (tertiary/aromatic N) is 3. The van der Waals surface area contributed by atoms with E-state index in [1.807, 2.05) is 0 Å². The minimum atomic E-state index is -0.611. The summed E-state index contributed by atoms with van der Waals surface area (Å²) in [6, 6.07) is 3.98. The minimum Gasteiger partial charge on any atom is -0.407 e. The molecule has 144 valence electrons. The Labute approximate surface area is 153 Å². The van der Waals surface area contributed by atoms with Gasteiger partial charge in [-0.2, -0.15) is 0 Å². The number of hydrogen-bond acceptors (Lipinski definition) is 6. The van der Waals surface area contributed by atoms with Crippen LogP contribution in [0.25, 0.3) is 11.1 Å². The maximum atomic E-state index is 12.3. The van der Waals surface area contributed by atoms with E-state index < -0.39 is 10.7 Å². The highest BCUT2D eigenvalue weighted by molar-refractivity contribution is 5.79. The Balaban J connectivity index is 1.58. The zero-order valence-corrected chi connectivity index (χ0v) is 14.6. The van der Waals surface area contributed by atoms with E-state index in [4.69, 9.17) is 10.2 Å². The second-order valence-corrected chi connectivity index (χ2v) is 6.59. The van der Waals surface area contributed by atoms with Gasteiger partial charge in [0.25, 0.3) is 5.69 Å². The van der Waals surface area contributed by atoms with E-state index in [9.17, 15) is 24.5 Å². The Hall–Kier alpha value is -3.17. The molecule has 3 rings (SSSR count). The number of hydrogen-bond donors (Lipinski definition) is 1. The number of fused-ring (bicyclic) bond motifs is 1. The summed E-state index contributed by atoms with van der Waals surface area (Å²) in [4.78, 5) is 47.4. The molecule has 0 aliphatic carbocycles. The van der Waals surface area contributed by atoms with Gasteiger partial charge in [0.1, 0.15) is 0 Å². The smallest absolute Gasteiger partial charge is 0.407 e. The summed E-state index contributed by atoms with van der Waals surface area (Å²) in [7, 11) is 0.